The lowest BCUT2D eigenvalue weighted by atomic mass is 9.98. The van der Waals surface area contributed by atoms with Crippen molar-refractivity contribution in [3.63, 3.8) is 0 Å². The average molecular weight is 461 g/mol. The number of hydrogen-bond donors (Lipinski definition) is 2. The highest BCUT2D eigenvalue weighted by Gasteiger charge is 2.56. The van der Waals surface area contributed by atoms with Gasteiger partial charge in [0.1, 0.15) is 12.1 Å². The zero-order valence-electron chi connectivity index (χ0n) is 18.5. The molecule has 34 heavy (non-hydrogen) atoms. The molecule has 174 valence electrons. The molecule has 0 unspecified atom stereocenters. The summed E-state index contributed by atoms with van der Waals surface area (Å²) in [6.45, 7) is 0.160. The molecule has 2 N–H and O–H groups in total. The van der Waals surface area contributed by atoms with Crippen LogP contribution in [0, 0.1) is 0 Å². The predicted molar refractivity (Wildman–Crippen MR) is 120 cm³/mol. The van der Waals surface area contributed by atoms with Gasteiger partial charge in [0.2, 0.25) is 0 Å². The zero-order valence-corrected chi connectivity index (χ0v) is 18.5. The van der Waals surface area contributed by atoms with E-state index < -0.39 is 23.5 Å². The summed E-state index contributed by atoms with van der Waals surface area (Å²) < 4.78 is 10.6. The lowest BCUT2D eigenvalue weighted by molar-refractivity contribution is -0.143. The molecule has 0 atom stereocenters. The number of carbonyl (C=O) groups excluding carboxylic acids is 2. The molecule has 1 saturated carbocycles. The smallest absolute Gasteiger partial charge is 0.407 e. The number of carbonyl (C=O) groups is 3. The van der Waals surface area contributed by atoms with E-state index in [2.05, 4.69) is 22.6 Å². The number of amides is 2. The number of hydrogen-bond acceptors (Lipinski definition) is 6. The monoisotopic (exact) mass is 461 g/mol. The van der Waals surface area contributed by atoms with Crippen LogP contribution in [0.4, 0.5) is 4.79 Å². The first-order chi connectivity index (χ1) is 16.4. The number of alkyl carbamates (subject to hydrolysis) is 1. The van der Waals surface area contributed by atoms with Gasteiger partial charge in [-0.15, -0.1) is 0 Å². The van der Waals surface area contributed by atoms with Gasteiger partial charge in [0, 0.05) is 19.0 Å². The van der Waals surface area contributed by atoms with Gasteiger partial charge in [-0.05, 0) is 35.1 Å². The standard InChI is InChI=1S/C25H23N3O6/c1-28(25(10-11-25)23(30)31)22(29)21-12-15(34-27-21)13-26-24(32)33-14-20-18-8-4-2-6-16(18)17-7-3-5-9-19(17)20/h2-9,12,20H,10-11,13-14H2,1H3,(H,26,32)(H,30,31). The Kier molecular flexibility index (Phi) is 5.31. The number of benzene rings is 2. The molecule has 2 aromatic carbocycles. The highest BCUT2D eigenvalue weighted by Crippen LogP contribution is 2.44. The third-order valence-electron chi connectivity index (χ3n) is 6.60. The van der Waals surface area contributed by atoms with Crippen molar-refractivity contribution in [1.82, 2.24) is 15.4 Å². The van der Waals surface area contributed by atoms with Crippen molar-refractivity contribution >= 4 is 18.0 Å². The van der Waals surface area contributed by atoms with E-state index in [1.807, 2.05) is 36.4 Å². The molecular weight excluding hydrogens is 438 g/mol. The summed E-state index contributed by atoms with van der Waals surface area (Å²) in [5.74, 6) is -1.38. The van der Waals surface area contributed by atoms with Crippen molar-refractivity contribution in [3.05, 3.63) is 77.2 Å². The molecule has 0 saturated heterocycles. The largest absolute Gasteiger partial charge is 0.479 e. The van der Waals surface area contributed by atoms with E-state index >= 15 is 0 Å². The first kappa shape index (κ1) is 21.7. The molecule has 1 heterocycles. The topological polar surface area (TPSA) is 122 Å². The van der Waals surface area contributed by atoms with Gasteiger partial charge in [0.15, 0.2) is 11.5 Å². The number of rotatable bonds is 7. The number of ether oxygens (including phenoxy) is 1. The van der Waals surface area contributed by atoms with Crippen molar-refractivity contribution in [2.45, 2.75) is 30.8 Å². The minimum Gasteiger partial charge on any atom is -0.479 e. The van der Waals surface area contributed by atoms with Gasteiger partial charge in [-0.2, -0.15) is 0 Å². The van der Waals surface area contributed by atoms with E-state index in [-0.39, 0.29) is 30.5 Å². The fourth-order valence-corrected chi connectivity index (χ4v) is 4.48. The minimum absolute atomic E-state index is 0.0145. The Morgan fingerprint density at radius 2 is 1.74 bits per heavy atom. The molecular formula is C25H23N3O6. The summed E-state index contributed by atoms with van der Waals surface area (Å²) in [7, 11) is 1.44. The fraction of sp³-hybridized carbons (Fsp3) is 0.280. The van der Waals surface area contributed by atoms with Crippen molar-refractivity contribution in [2.24, 2.45) is 0 Å². The van der Waals surface area contributed by atoms with E-state index in [9.17, 15) is 19.5 Å². The number of aliphatic carboxylic acids is 1. The van der Waals surface area contributed by atoms with Crippen LogP contribution in [-0.4, -0.2) is 52.3 Å². The number of likely N-dealkylation sites (N-methyl/N-ethyl adjacent to an activating group) is 1. The summed E-state index contributed by atoms with van der Waals surface area (Å²) >= 11 is 0. The van der Waals surface area contributed by atoms with Crippen LogP contribution in [0.15, 0.2) is 59.1 Å². The van der Waals surface area contributed by atoms with E-state index in [0.29, 0.717) is 12.8 Å². The molecule has 1 fully saturated rings. The second-order valence-electron chi connectivity index (χ2n) is 8.56. The molecule has 9 nitrogen and oxygen atoms in total. The highest BCUT2D eigenvalue weighted by atomic mass is 16.5. The SMILES string of the molecule is CN(C(=O)c1cc(CNC(=O)OCC2c3ccccc3-c3ccccc32)on1)C1(C(=O)O)CC1. The quantitative estimate of drug-likeness (QED) is 0.553. The summed E-state index contributed by atoms with van der Waals surface area (Å²) in [5.41, 5.74) is 3.34. The second-order valence-corrected chi connectivity index (χ2v) is 8.56. The van der Waals surface area contributed by atoms with Gasteiger partial charge < -0.3 is 24.6 Å². The normalized spacial score (nSPS) is 15.2. The highest BCUT2D eigenvalue weighted by molar-refractivity contribution is 5.97. The molecule has 0 radical (unpaired) electrons. The molecule has 9 heteroatoms. The molecule has 0 spiro atoms. The Hall–Kier alpha value is -4.14. The van der Waals surface area contributed by atoms with Crippen LogP contribution < -0.4 is 5.32 Å². The molecule has 0 aliphatic heterocycles. The first-order valence-corrected chi connectivity index (χ1v) is 11.0. The maximum Gasteiger partial charge on any atom is 0.407 e. The van der Waals surface area contributed by atoms with Crippen LogP contribution in [0.25, 0.3) is 11.1 Å². The van der Waals surface area contributed by atoms with Crippen LogP contribution >= 0.6 is 0 Å². The number of carboxylic acids is 1. The number of fused-ring (bicyclic) bond motifs is 3. The first-order valence-electron chi connectivity index (χ1n) is 11.0. The van der Waals surface area contributed by atoms with Crippen molar-refractivity contribution < 1.29 is 28.8 Å². The molecule has 1 aromatic heterocycles. The molecule has 2 aliphatic carbocycles. The number of nitrogens with one attached hydrogen (secondary N) is 1. The van der Waals surface area contributed by atoms with Gasteiger partial charge in [-0.25, -0.2) is 9.59 Å². The van der Waals surface area contributed by atoms with E-state index in [1.54, 1.807) is 0 Å². The van der Waals surface area contributed by atoms with E-state index in [0.717, 1.165) is 22.3 Å². The van der Waals surface area contributed by atoms with Crippen molar-refractivity contribution in [3.8, 4) is 11.1 Å². The number of nitrogens with zero attached hydrogens (tertiary/aromatic N) is 2. The van der Waals surface area contributed by atoms with Gasteiger partial charge in [0.25, 0.3) is 5.91 Å². The van der Waals surface area contributed by atoms with Crippen LogP contribution in [0.2, 0.25) is 0 Å². The predicted octanol–water partition coefficient (Wildman–Crippen LogP) is 3.40. The number of aromatic nitrogens is 1. The van der Waals surface area contributed by atoms with E-state index in [4.69, 9.17) is 9.26 Å². The van der Waals surface area contributed by atoms with Crippen molar-refractivity contribution in [2.75, 3.05) is 13.7 Å². The second kappa shape index (κ2) is 8.33. The van der Waals surface area contributed by atoms with Gasteiger partial charge in [-0.1, -0.05) is 53.7 Å². The Balaban J connectivity index is 1.17. The van der Waals surface area contributed by atoms with Gasteiger partial charge in [-0.3, -0.25) is 4.79 Å². The summed E-state index contributed by atoms with van der Waals surface area (Å²) in [6.07, 6.45) is 0.183. The maximum absolute atomic E-state index is 12.6. The third-order valence-corrected chi connectivity index (χ3v) is 6.60. The molecule has 2 amide bonds. The van der Waals surface area contributed by atoms with Gasteiger partial charge in [0.05, 0.1) is 6.54 Å². The lowest BCUT2D eigenvalue weighted by Gasteiger charge is -2.23. The Bertz CT molecular complexity index is 1230. The Labute approximate surface area is 195 Å². The fourth-order valence-electron chi connectivity index (χ4n) is 4.48. The lowest BCUT2D eigenvalue weighted by Crippen LogP contribution is -2.44. The molecule has 0 bridgehead atoms. The summed E-state index contributed by atoms with van der Waals surface area (Å²) in [5, 5.41) is 15.7. The van der Waals surface area contributed by atoms with Crippen LogP contribution in [0.3, 0.4) is 0 Å². The molecule has 3 aromatic rings. The van der Waals surface area contributed by atoms with Crippen LogP contribution in [-0.2, 0) is 16.1 Å². The van der Waals surface area contributed by atoms with Crippen LogP contribution in [0.1, 0.15) is 46.1 Å². The summed E-state index contributed by atoms with van der Waals surface area (Å²) in [4.78, 5) is 37.5. The molecule has 2 aliphatic rings. The zero-order chi connectivity index (χ0) is 23.9. The molecule has 5 rings (SSSR count). The summed E-state index contributed by atoms with van der Waals surface area (Å²) in [6, 6.07) is 17.5. The minimum atomic E-state index is -1.17. The van der Waals surface area contributed by atoms with Gasteiger partial charge >= 0.3 is 12.1 Å². The Morgan fingerprint density at radius 3 is 2.32 bits per heavy atom. The third kappa shape index (κ3) is 3.68. The average Bonchev–Trinajstić information content (AvgIpc) is 3.43. The maximum atomic E-state index is 12.6. The van der Waals surface area contributed by atoms with Crippen LogP contribution in [0.5, 0.6) is 0 Å². The van der Waals surface area contributed by atoms with E-state index in [1.165, 1.54) is 18.0 Å². The Morgan fingerprint density at radius 1 is 1.12 bits per heavy atom. The van der Waals surface area contributed by atoms with Crippen molar-refractivity contribution in [1.29, 1.82) is 0 Å². The number of carboxylic acid groups (broad SMARTS) is 1.